The van der Waals surface area contributed by atoms with E-state index in [0.29, 0.717) is 22.6 Å². The molecule has 0 radical (unpaired) electrons. The van der Waals surface area contributed by atoms with Crippen molar-refractivity contribution < 1.29 is 48.7 Å². The molecule has 236 valence electrons. The lowest BCUT2D eigenvalue weighted by molar-refractivity contribution is -0.143. The van der Waals surface area contributed by atoms with Crippen LogP contribution in [0.25, 0.3) is 0 Å². The number of hydrogen-bond donors (Lipinski definition) is 0. The van der Waals surface area contributed by atoms with E-state index in [1.54, 1.807) is 4.90 Å². The summed E-state index contributed by atoms with van der Waals surface area (Å²) >= 11 is 0. The van der Waals surface area contributed by atoms with Crippen LogP contribution in [-0.4, -0.2) is 74.9 Å². The molecule has 0 bridgehead atoms. The van der Waals surface area contributed by atoms with E-state index >= 15 is 0 Å². The van der Waals surface area contributed by atoms with Crippen molar-refractivity contribution >= 4 is 27.5 Å². The number of hydrogen-bond acceptors (Lipinski definition) is 4. The Morgan fingerprint density at radius 2 is 1.40 bits per heavy atom. The van der Waals surface area contributed by atoms with Gasteiger partial charge in [-0.25, -0.2) is 17.6 Å². The summed E-state index contributed by atoms with van der Waals surface area (Å²) in [4.78, 5) is 30.3. The molecule has 15 heteroatoms. The van der Waals surface area contributed by atoms with Gasteiger partial charge in [0.05, 0.1) is 22.6 Å². The Morgan fingerprint density at radius 1 is 0.860 bits per heavy atom. The van der Waals surface area contributed by atoms with E-state index in [-0.39, 0.29) is 55.8 Å². The lowest BCUT2D eigenvalue weighted by Gasteiger charge is -2.44. The maximum Gasteiger partial charge on any atom is 0.416 e. The molecule has 2 saturated heterocycles. The van der Waals surface area contributed by atoms with Gasteiger partial charge in [0.2, 0.25) is 5.91 Å². The minimum absolute atomic E-state index is 0.0233. The first-order valence-corrected chi connectivity index (χ1v) is 15.2. The van der Waals surface area contributed by atoms with Crippen molar-refractivity contribution in [3.63, 3.8) is 0 Å². The minimum atomic E-state index is -5.10. The number of sulfone groups is 1. The topological polar surface area (TPSA) is 78.0 Å². The SMILES string of the molecule is CN(C(=O)N(C)[C@@H]1CCN(C(=O)C2CCS(=O)(=O)CC2)C[C@H]1c1ccc(F)cc1)c1cc(C(F)(F)F)cc(C(F)(F)F)c1. The molecule has 2 aromatic carbocycles. The van der Waals surface area contributed by atoms with Crippen LogP contribution < -0.4 is 4.90 Å². The summed E-state index contributed by atoms with van der Waals surface area (Å²) in [5.74, 6) is -2.05. The number of anilines is 1. The number of likely N-dealkylation sites (N-methyl/N-ethyl adjacent to an activating group) is 1. The van der Waals surface area contributed by atoms with Crippen molar-refractivity contribution in [2.24, 2.45) is 5.92 Å². The molecular formula is C28H30F7N3O4S. The fourth-order valence-electron chi connectivity index (χ4n) is 5.66. The summed E-state index contributed by atoms with van der Waals surface area (Å²) in [7, 11) is -0.771. The number of likely N-dealkylation sites (tertiary alicyclic amines) is 1. The maximum absolute atomic E-state index is 13.7. The standard InChI is InChI=1S/C28H30F7N3O4S/c1-36(22-14-19(27(30,31)32)13-20(15-22)28(33,34)35)26(40)37(2)24-7-10-38(16-23(24)17-3-5-21(29)6-4-17)25(39)18-8-11-43(41,42)12-9-18/h3-6,13-15,18,23-24H,7-12,16H2,1-2H3/t23-,24+/m0/s1. The number of carbonyl (C=O) groups excluding carboxylic acids is 2. The highest BCUT2D eigenvalue weighted by Gasteiger charge is 2.41. The van der Waals surface area contributed by atoms with E-state index in [9.17, 15) is 48.7 Å². The van der Waals surface area contributed by atoms with Crippen molar-refractivity contribution in [2.75, 3.05) is 43.6 Å². The molecule has 0 aromatic heterocycles. The predicted octanol–water partition coefficient (Wildman–Crippen LogP) is 5.56. The summed E-state index contributed by atoms with van der Waals surface area (Å²) < 4.78 is 118. The lowest BCUT2D eigenvalue weighted by Crippen LogP contribution is -2.55. The zero-order chi connectivity index (χ0) is 31.9. The third kappa shape index (κ3) is 7.42. The second-order valence-electron chi connectivity index (χ2n) is 10.9. The molecule has 4 rings (SSSR count). The van der Waals surface area contributed by atoms with Crippen LogP contribution >= 0.6 is 0 Å². The minimum Gasteiger partial charge on any atom is -0.342 e. The molecule has 2 fully saturated rings. The quantitative estimate of drug-likeness (QED) is 0.412. The van der Waals surface area contributed by atoms with Gasteiger partial charge in [0.1, 0.15) is 15.7 Å². The van der Waals surface area contributed by atoms with Gasteiger partial charge in [-0.2, -0.15) is 26.3 Å². The van der Waals surface area contributed by atoms with Crippen molar-refractivity contribution in [3.05, 3.63) is 65.0 Å². The number of halogens is 7. The monoisotopic (exact) mass is 637 g/mol. The third-order valence-electron chi connectivity index (χ3n) is 8.14. The van der Waals surface area contributed by atoms with Gasteiger partial charge in [0.25, 0.3) is 0 Å². The third-order valence-corrected chi connectivity index (χ3v) is 9.85. The molecule has 0 unspecified atom stereocenters. The van der Waals surface area contributed by atoms with Crippen LogP contribution in [0.1, 0.15) is 41.9 Å². The number of piperidine rings is 1. The van der Waals surface area contributed by atoms with E-state index in [0.717, 1.165) is 7.05 Å². The molecule has 2 aliphatic heterocycles. The number of rotatable bonds is 4. The molecule has 43 heavy (non-hydrogen) atoms. The summed E-state index contributed by atoms with van der Waals surface area (Å²) in [5, 5.41) is 0. The van der Waals surface area contributed by atoms with Gasteiger partial charge in [0, 0.05) is 50.7 Å². The van der Waals surface area contributed by atoms with E-state index in [1.165, 1.54) is 36.2 Å². The molecule has 0 aliphatic carbocycles. The summed E-state index contributed by atoms with van der Waals surface area (Å²) in [5.41, 5.74) is -3.18. The highest BCUT2D eigenvalue weighted by atomic mass is 32.2. The molecule has 2 aromatic rings. The van der Waals surface area contributed by atoms with Crippen molar-refractivity contribution in [1.29, 1.82) is 0 Å². The van der Waals surface area contributed by atoms with E-state index in [2.05, 4.69) is 0 Å². The number of urea groups is 1. The van der Waals surface area contributed by atoms with Gasteiger partial charge in [0.15, 0.2) is 0 Å². The molecule has 2 aliphatic rings. The average molecular weight is 638 g/mol. The van der Waals surface area contributed by atoms with Crippen LogP contribution in [-0.2, 0) is 27.0 Å². The Bertz CT molecular complexity index is 1420. The highest BCUT2D eigenvalue weighted by Crippen LogP contribution is 2.39. The fourth-order valence-corrected chi connectivity index (χ4v) is 7.15. The number of benzene rings is 2. The van der Waals surface area contributed by atoms with Crippen LogP contribution in [0.5, 0.6) is 0 Å². The van der Waals surface area contributed by atoms with Gasteiger partial charge < -0.3 is 9.80 Å². The summed E-state index contributed by atoms with van der Waals surface area (Å²) in [6.07, 6.45) is -9.63. The van der Waals surface area contributed by atoms with Crippen LogP contribution in [0, 0.1) is 11.7 Å². The Kier molecular flexibility index (Phi) is 9.06. The predicted molar refractivity (Wildman–Crippen MR) is 144 cm³/mol. The van der Waals surface area contributed by atoms with E-state index in [1.807, 2.05) is 0 Å². The Morgan fingerprint density at radius 3 is 1.91 bits per heavy atom. The average Bonchev–Trinajstić information content (AvgIpc) is 2.94. The fraction of sp³-hybridized carbons (Fsp3) is 0.500. The smallest absolute Gasteiger partial charge is 0.342 e. The van der Waals surface area contributed by atoms with Crippen LogP contribution in [0.4, 0.5) is 41.2 Å². The maximum atomic E-state index is 13.7. The second-order valence-corrected chi connectivity index (χ2v) is 13.2. The second kappa shape index (κ2) is 12.0. The molecule has 2 heterocycles. The number of amides is 3. The highest BCUT2D eigenvalue weighted by molar-refractivity contribution is 7.91. The lowest BCUT2D eigenvalue weighted by atomic mass is 9.84. The van der Waals surface area contributed by atoms with Crippen molar-refractivity contribution in [3.8, 4) is 0 Å². The molecular weight excluding hydrogens is 607 g/mol. The zero-order valence-electron chi connectivity index (χ0n) is 23.3. The largest absolute Gasteiger partial charge is 0.416 e. The van der Waals surface area contributed by atoms with Gasteiger partial charge in [-0.1, -0.05) is 12.1 Å². The number of nitrogens with zero attached hydrogens (tertiary/aromatic N) is 3. The van der Waals surface area contributed by atoms with Crippen molar-refractivity contribution in [1.82, 2.24) is 9.80 Å². The molecule has 7 nitrogen and oxygen atoms in total. The molecule has 0 spiro atoms. The first kappa shape index (κ1) is 32.6. The zero-order valence-corrected chi connectivity index (χ0v) is 24.1. The van der Waals surface area contributed by atoms with Crippen LogP contribution in [0.3, 0.4) is 0 Å². The van der Waals surface area contributed by atoms with Crippen molar-refractivity contribution in [2.45, 2.75) is 43.6 Å². The Hall–Kier alpha value is -3.36. The van der Waals surface area contributed by atoms with E-state index < -0.39 is 68.7 Å². The summed E-state index contributed by atoms with van der Waals surface area (Å²) in [6, 6.07) is 4.73. The van der Waals surface area contributed by atoms with Crippen LogP contribution in [0.15, 0.2) is 42.5 Å². The van der Waals surface area contributed by atoms with E-state index in [4.69, 9.17) is 0 Å². The first-order valence-electron chi connectivity index (χ1n) is 13.4. The van der Waals surface area contributed by atoms with Crippen LogP contribution in [0.2, 0.25) is 0 Å². The normalized spacial score (nSPS) is 21.4. The van der Waals surface area contributed by atoms with Gasteiger partial charge >= 0.3 is 18.4 Å². The molecule has 0 saturated carbocycles. The van der Waals surface area contributed by atoms with Gasteiger partial charge in [-0.3, -0.25) is 9.69 Å². The number of carbonyl (C=O) groups is 2. The van der Waals surface area contributed by atoms with Gasteiger partial charge in [-0.05, 0) is 55.2 Å². The molecule has 3 amide bonds. The Labute approximate surface area is 244 Å². The molecule has 0 N–H and O–H groups in total. The first-order chi connectivity index (χ1) is 19.9. The number of alkyl halides is 6. The summed E-state index contributed by atoms with van der Waals surface area (Å²) in [6.45, 7) is 0.259. The Balaban J connectivity index is 1.60. The molecule has 2 atom stereocenters. The van der Waals surface area contributed by atoms with Gasteiger partial charge in [-0.15, -0.1) is 0 Å².